The zero-order valence-corrected chi connectivity index (χ0v) is 23.1. The lowest BCUT2D eigenvalue weighted by molar-refractivity contribution is -0.139. The number of furan rings is 1. The molecule has 0 bridgehead atoms. The van der Waals surface area contributed by atoms with Crippen molar-refractivity contribution in [2.45, 2.75) is 19.9 Å². The summed E-state index contributed by atoms with van der Waals surface area (Å²) in [4.78, 5) is 43.6. The minimum Gasteiger partial charge on any atom is -0.497 e. The smallest absolute Gasteiger partial charge is 0.338 e. The van der Waals surface area contributed by atoms with Crippen LogP contribution in [0.4, 0.5) is 0 Å². The van der Waals surface area contributed by atoms with Gasteiger partial charge in [-0.2, -0.15) is 0 Å². The van der Waals surface area contributed by atoms with Crippen molar-refractivity contribution in [1.82, 2.24) is 4.57 Å². The van der Waals surface area contributed by atoms with Crippen LogP contribution in [-0.4, -0.2) is 37.3 Å². The van der Waals surface area contributed by atoms with Crippen LogP contribution in [0.15, 0.2) is 86.1 Å². The molecule has 5 rings (SSSR count). The lowest BCUT2D eigenvalue weighted by atomic mass is 9.96. The molecule has 9 nitrogen and oxygen atoms in total. The lowest BCUT2D eigenvalue weighted by Gasteiger charge is -2.24. The number of esters is 2. The van der Waals surface area contributed by atoms with Crippen LogP contribution in [0.3, 0.4) is 0 Å². The monoisotopic (exact) mass is 558 g/mol. The molecule has 1 aliphatic rings. The van der Waals surface area contributed by atoms with Gasteiger partial charge >= 0.3 is 11.9 Å². The Labute approximate surface area is 233 Å². The van der Waals surface area contributed by atoms with Gasteiger partial charge in [0.2, 0.25) is 0 Å². The highest BCUT2D eigenvalue weighted by Crippen LogP contribution is 2.31. The molecule has 2 aromatic heterocycles. The number of methoxy groups -OCH3 is 2. The van der Waals surface area contributed by atoms with Gasteiger partial charge in [0.25, 0.3) is 5.56 Å². The number of fused-ring (bicyclic) bond motifs is 1. The fourth-order valence-corrected chi connectivity index (χ4v) is 5.52. The van der Waals surface area contributed by atoms with Crippen molar-refractivity contribution in [3.05, 3.63) is 109 Å². The molecular weight excluding hydrogens is 532 g/mol. The largest absolute Gasteiger partial charge is 0.497 e. The van der Waals surface area contributed by atoms with Crippen LogP contribution >= 0.6 is 11.3 Å². The van der Waals surface area contributed by atoms with Crippen molar-refractivity contribution in [2.24, 2.45) is 4.99 Å². The summed E-state index contributed by atoms with van der Waals surface area (Å²) in [5.41, 5.74) is 2.41. The Bertz CT molecular complexity index is 1790. The van der Waals surface area contributed by atoms with E-state index >= 15 is 0 Å². The maximum atomic E-state index is 13.8. The predicted octanol–water partition coefficient (Wildman–Crippen LogP) is 3.85. The second-order valence-electron chi connectivity index (χ2n) is 8.85. The van der Waals surface area contributed by atoms with Crippen LogP contribution < -0.4 is 19.6 Å². The SMILES string of the molecule is CCOC(=O)C1=C(C)N=c2s/c(=C\c3ccc(-c4ccc(C(=O)OC)cc4)o3)c(=O)n2[C@H]1c1ccc(OC)cc1. The Morgan fingerprint density at radius 3 is 2.40 bits per heavy atom. The van der Waals surface area contributed by atoms with E-state index in [0.717, 1.165) is 11.1 Å². The molecule has 0 radical (unpaired) electrons. The first-order valence-corrected chi connectivity index (χ1v) is 13.3. The van der Waals surface area contributed by atoms with Crippen LogP contribution in [0, 0.1) is 0 Å². The number of benzene rings is 2. The van der Waals surface area contributed by atoms with E-state index in [1.54, 1.807) is 75.6 Å². The van der Waals surface area contributed by atoms with Crippen LogP contribution in [0.5, 0.6) is 5.75 Å². The van der Waals surface area contributed by atoms with Crippen molar-refractivity contribution in [1.29, 1.82) is 0 Å². The number of nitrogens with zero attached hydrogens (tertiary/aromatic N) is 2. The predicted molar refractivity (Wildman–Crippen MR) is 149 cm³/mol. The second-order valence-corrected chi connectivity index (χ2v) is 9.86. The topological polar surface area (TPSA) is 109 Å². The molecule has 204 valence electrons. The van der Waals surface area contributed by atoms with Gasteiger partial charge in [-0.1, -0.05) is 35.6 Å². The summed E-state index contributed by atoms with van der Waals surface area (Å²) >= 11 is 1.21. The van der Waals surface area contributed by atoms with Crippen LogP contribution in [0.25, 0.3) is 17.4 Å². The number of hydrogen-bond donors (Lipinski definition) is 0. The maximum absolute atomic E-state index is 13.8. The van der Waals surface area contributed by atoms with E-state index in [4.69, 9.17) is 18.6 Å². The van der Waals surface area contributed by atoms with Crippen LogP contribution in [0.2, 0.25) is 0 Å². The average molecular weight is 559 g/mol. The Morgan fingerprint density at radius 2 is 1.75 bits per heavy atom. The minimum atomic E-state index is -0.719. The molecule has 0 aliphatic carbocycles. The van der Waals surface area contributed by atoms with E-state index in [1.165, 1.54) is 23.0 Å². The average Bonchev–Trinajstić information content (AvgIpc) is 3.56. The third kappa shape index (κ3) is 5.01. The summed E-state index contributed by atoms with van der Waals surface area (Å²) in [6, 6.07) is 16.9. The molecule has 10 heteroatoms. The second kappa shape index (κ2) is 11.2. The van der Waals surface area contributed by atoms with E-state index in [9.17, 15) is 14.4 Å². The zero-order valence-electron chi connectivity index (χ0n) is 22.3. The molecular formula is C30H26N2O7S. The molecule has 4 aromatic rings. The summed E-state index contributed by atoms with van der Waals surface area (Å²) in [6.45, 7) is 3.67. The van der Waals surface area contributed by atoms with Gasteiger partial charge in [0.15, 0.2) is 4.80 Å². The molecule has 0 fully saturated rings. The van der Waals surface area contributed by atoms with Gasteiger partial charge in [0.05, 0.1) is 48.2 Å². The van der Waals surface area contributed by atoms with Crippen molar-refractivity contribution in [3.8, 4) is 17.1 Å². The molecule has 0 N–H and O–H groups in total. The molecule has 0 unspecified atom stereocenters. The van der Waals surface area contributed by atoms with E-state index in [-0.39, 0.29) is 12.2 Å². The number of hydrogen-bond acceptors (Lipinski definition) is 9. The van der Waals surface area contributed by atoms with Gasteiger partial charge in [-0.15, -0.1) is 0 Å². The first kappa shape index (κ1) is 26.9. The summed E-state index contributed by atoms with van der Waals surface area (Å²) in [5, 5.41) is 0. The van der Waals surface area contributed by atoms with E-state index < -0.39 is 18.0 Å². The highest BCUT2D eigenvalue weighted by Gasteiger charge is 2.33. The fraction of sp³-hybridized carbons (Fsp3) is 0.200. The quantitative estimate of drug-likeness (QED) is 0.317. The fourth-order valence-electron chi connectivity index (χ4n) is 4.50. The van der Waals surface area contributed by atoms with E-state index in [1.807, 2.05) is 12.1 Å². The zero-order chi connectivity index (χ0) is 28.4. The normalized spacial score (nSPS) is 14.9. The van der Waals surface area contributed by atoms with E-state index in [2.05, 4.69) is 4.99 Å². The summed E-state index contributed by atoms with van der Waals surface area (Å²) in [5.74, 6) is 0.763. The molecule has 2 aromatic carbocycles. The molecule has 1 aliphatic heterocycles. The van der Waals surface area contributed by atoms with Crippen molar-refractivity contribution in [2.75, 3.05) is 20.8 Å². The number of carbonyl (C=O) groups is 2. The van der Waals surface area contributed by atoms with Crippen molar-refractivity contribution in [3.63, 3.8) is 0 Å². The molecule has 3 heterocycles. The molecule has 1 atom stereocenters. The van der Waals surface area contributed by atoms with Gasteiger partial charge in [-0.25, -0.2) is 14.6 Å². The number of ether oxygens (including phenoxy) is 3. The number of aromatic nitrogens is 1. The highest BCUT2D eigenvalue weighted by molar-refractivity contribution is 7.07. The van der Waals surface area contributed by atoms with Crippen molar-refractivity contribution >= 4 is 29.4 Å². The van der Waals surface area contributed by atoms with Gasteiger partial charge < -0.3 is 18.6 Å². The number of thiazole rings is 1. The van der Waals surface area contributed by atoms with Gasteiger partial charge in [0.1, 0.15) is 17.3 Å². The lowest BCUT2D eigenvalue weighted by Crippen LogP contribution is -2.39. The van der Waals surface area contributed by atoms with Crippen LogP contribution in [-0.2, 0) is 14.3 Å². The third-order valence-electron chi connectivity index (χ3n) is 6.44. The Hall–Kier alpha value is -4.70. The Morgan fingerprint density at radius 1 is 1.02 bits per heavy atom. The minimum absolute atomic E-state index is 0.196. The van der Waals surface area contributed by atoms with Gasteiger partial charge in [0, 0.05) is 11.6 Å². The molecule has 0 amide bonds. The summed E-state index contributed by atoms with van der Waals surface area (Å²) < 4.78 is 23.3. The van der Waals surface area contributed by atoms with Gasteiger partial charge in [-0.05, 0) is 55.8 Å². The number of carbonyl (C=O) groups excluding carboxylic acids is 2. The Kier molecular flexibility index (Phi) is 7.52. The first-order chi connectivity index (χ1) is 19.3. The molecule has 0 spiro atoms. The maximum Gasteiger partial charge on any atom is 0.338 e. The van der Waals surface area contributed by atoms with E-state index in [0.29, 0.717) is 43.4 Å². The van der Waals surface area contributed by atoms with Gasteiger partial charge in [-0.3, -0.25) is 9.36 Å². The molecule has 0 saturated heterocycles. The number of rotatable bonds is 7. The highest BCUT2D eigenvalue weighted by atomic mass is 32.1. The Balaban J connectivity index is 1.57. The summed E-state index contributed by atoms with van der Waals surface area (Å²) in [6.07, 6.45) is 1.66. The number of allylic oxidation sites excluding steroid dienone is 1. The molecule has 0 saturated carbocycles. The van der Waals surface area contributed by atoms with Crippen LogP contribution in [0.1, 0.15) is 41.6 Å². The standard InChI is InChI=1S/C30H26N2O7S/c1-5-38-29(35)25-17(2)31-30-32(26(25)19-10-12-21(36-3)13-11-19)27(33)24(40-30)16-22-14-15-23(39-22)18-6-8-20(9-7-18)28(34)37-4/h6-16,26H,5H2,1-4H3/b24-16-/t26-/m0/s1. The summed E-state index contributed by atoms with van der Waals surface area (Å²) in [7, 11) is 2.90. The van der Waals surface area contributed by atoms with Crippen molar-refractivity contribution < 1.29 is 28.2 Å². The first-order valence-electron chi connectivity index (χ1n) is 12.5. The molecule has 40 heavy (non-hydrogen) atoms. The third-order valence-corrected chi connectivity index (χ3v) is 7.42.